The van der Waals surface area contributed by atoms with Crippen LogP contribution in [0.4, 0.5) is 17.1 Å². The molecule has 47 heavy (non-hydrogen) atoms. The maximum absolute atomic E-state index is 2.48. The molecule has 0 fully saturated rings. The zero-order valence-corrected chi connectivity index (χ0v) is 25.6. The number of aromatic nitrogens is 2. The molecular formula is C44H29N3. The van der Waals surface area contributed by atoms with Crippen molar-refractivity contribution in [2.45, 2.75) is 0 Å². The van der Waals surface area contributed by atoms with Crippen molar-refractivity contribution in [2.75, 3.05) is 4.90 Å². The SMILES string of the molecule is c1ccc(-c2ccc(-c3ccc(N(c4ccccc4)c4cccc5c4n4c6ccccc6c6c7ccccc7n5c64)cc3)cc2)cc1. The Hall–Kier alpha value is -6.32. The predicted octanol–water partition coefficient (Wildman–Crippen LogP) is 11.9. The van der Waals surface area contributed by atoms with Gasteiger partial charge in [-0.2, -0.15) is 0 Å². The Morgan fingerprint density at radius 2 is 0.809 bits per heavy atom. The van der Waals surface area contributed by atoms with Crippen molar-refractivity contribution in [2.24, 2.45) is 0 Å². The lowest BCUT2D eigenvalue weighted by molar-refractivity contribution is 1.26. The van der Waals surface area contributed by atoms with Gasteiger partial charge in [0.25, 0.3) is 0 Å². The van der Waals surface area contributed by atoms with Crippen LogP contribution in [0.2, 0.25) is 0 Å². The molecule has 0 aliphatic heterocycles. The van der Waals surface area contributed by atoms with Crippen LogP contribution in [0.25, 0.3) is 66.1 Å². The topological polar surface area (TPSA) is 12.1 Å². The largest absolute Gasteiger partial charge is 0.308 e. The van der Waals surface area contributed by atoms with E-state index in [4.69, 9.17) is 0 Å². The van der Waals surface area contributed by atoms with Gasteiger partial charge in [-0.05, 0) is 70.8 Å². The third kappa shape index (κ3) is 3.81. The summed E-state index contributed by atoms with van der Waals surface area (Å²) in [5.74, 6) is 0. The van der Waals surface area contributed by atoms with Gasteiger partial charge in [0.15, 0.2) is 0 Å². The second-order valence-electron chi connectivity index (χ2n) is 12.2. The predicted molar refractivity (Wildman–Crippen MR) is 198 cm³/mol. The average molecular weight is 600 g/mol. The number of rotatable bonds is 5. The lowest BCUT2D eigenvalue weighted by Gasteiger charge is -2.26. The fourth-order valence-corrected chi connectivity index (χ4v) is 7.57. The number of benzene rings is 7. The summed E-state index contributed by atoms with van der Waals surface area (Å²) in [4.78, 5) is 2.40. The van der Waals surface area contributed by atoms with Gasteiger partial charge in [0, 0.05) is 27.5 Å². The Balaban J connectivity index is 1.18. The molecule has 3 aromatic heterocycles. The summed E-state index contributed by atoms with van der Waals surface area (Å²) in [5, 5.41) is 3.89. The lowest BCUT2D eigenvalue weighted by atomic mass is 10.00. The highest BCUT2D eigenvalue weighted by Crippen LogP contribution is 2.46. The van der Waals surface area contributed by atoms with E-state index in [2.05, 4.69) is 190 Å². The van der Waals surface area contributed by atoms with Crippen molar-refractivity contribution in [3.8, 4) is 22.3 Å². The van der Waals surface area contributed by atoms with Crippen molar-refractivity contribution in [1.82, 2.24) is 8.80 Å². The maximum Gasteiger partial charge on any atom is 0.131 e. The highest BCUT2D eigenvalue weighted by molar-refractivity contribution is 6.24. The normalized spacial score (nSPS) is 11.8. The number of para-hydroxylation sites is 4. The number of nitrogens with zero attached hydrogens (tertiary/aromatic N) is 3. The molecule has 10 rings (SSSR count). The first-order valence-corrected chi connectivity index (χ1v) is 16.1. The number of fused-ring (bicyclic) bond motifs is 9. The summed E-state index contributed by atoms with van der Waals surface area (Å²) in [6, 6.07) is 63.4. The van der Waals surface area contributed by atoms with E-state index in [0.29, 0.717) is 0 Å². The van der Waals surface area contributed by atoms with Gasteiger partial charge in [0.1, 0.15) is 5.65 Å². The van der Waals surface area contributed by atoms with Crippen molar-refractivity contribution in [1.29, 1.82) is 0 Å². The first-order valence-electron chi connectivity index (χ1n) is 16.1. The molecular weight excluding hydrogens is 571 g/mol. The molecule has 0 unspecified atom stereocenters. The van der Waals surface area contributed by atoms with Gasteiger partial charge in [-0.1, -0.05) is 127 Å². The summed E-state index contributed by atoms with van der Waals surface area (Å²) in [6.45, 7) is 0. The van der Waals surface area contributed by atoms with Crippen molar-refractivity contribution < 1.29 is 0 Å². The molecule has 0 saturated carbocycles. The Morgan fingerprint density at radius 3 is 1.45 bits per heavy atom. The molecule has 0 aliphatic carbocycles. The zero-order chi connectivity index (χ0) is 30.9. The quantitative estimate of drug-likeness (QED) is 0.192. The third-order valence-corrected chi connectivity index (χ3v) is 9.64. The van der Waals surface area contributed by atoms with Crippen LogP contribution in [0.5, 0.6) is 0 Å². The van der Waals surface area contributed by atoms with Crippen molar-refractivity contribution >= 4 is 60.9 Å². The molecule has 0 atom stereocenters. The van der Waals surface area contributed by atoms with E-state index in [1.165, 1.54) is 66.1 Å². The van der Waals surface area contributed by atoms with Crippen LogP contribution >= 0.6 is 0 Å². The monoisotopic (exact) mass is 599 g/mol. The molecule has 0 aliphatic rings. The van der Waals surface area contributed by atoms with Gasteiger partial charge >= 0.3 is 0 Å². The van der Waals surface area contributed by atoms with Crippen molar-refractivity contribution in [3.05, 3.63) is 176 Å². The minimum absolute atomic E-state index is 1.11. The number of hydrogen-bond acceptors (Lipinski definition) is 1. The van der Waals surface area contributed by atoms with Crippen LogP contribution < -0.4 is 4.90 Å². The number of anilines is 3. The first kappa shape index (κ1) is 26.0. The van der Waals surface area contributed by atoms with E-state index in [1.807, 2.05) is 0 Å². The minimum Gasteiger partial charge on any atom is -0.308 e. The molecule has 3 heterocycles. The fraction of sp³-hybridized carbons (Fsp3) is 0. The van der Waals surface area contributed by atoms with Crippen LogP contribution in [-0.2, 0) is 0 Å². The molecule has 220 valence electrons. The summed E-state index contributed by atoms with van der Waals surface area (Å²) in [5.41, 5.74) is 14.3. The Kier molecular flexibility index (Phi) is 5.57. The molecule has 0 amide bonds. The van der Waals surface area contributed by atoms with Gasteiger partial charge in [-0.25, -0.2) is 0 Å². The summed E-state index contributed by atoms with van der Waals surface area (Å²) >= 11 is 0. The number of imidazole rings is 1. The second kappa shape index (κ2) is 10.1. The molecule has 0 spiro atoms. The van der Waals surface area contributed by atoms with Crippen LogP contribution in [0.15, 0.2) is 176 Å². The number of hydrogen-bond donors (Lipinski definition) is 0. The van der Waals surface area contributed by atoms with E-state index in [1.54, 1.807) is 0 Å². The fourth-order valence-electron chi connectivity index (χ4n) is 7.57. The van der Waals surface area contributed by atoms with E-state index < -0.39 is 0 Å². The van der Waals surface area contributed by atoms with Gasteiger partial charge < -0.3 is 4.90 Å². The van der Waals surface area contributed by atoms with Gasteiger partial charge in [0.05, 0.1) is 27.8 Å². The minimum atomic E-state index is 1.11. The Labute approximate surface area is 272 Å². The summed E-state index contributed by atoms with van der Waals surface area (Å²) < 4.78 is 4.93. The van der Waals surface area contributed by atoms with Gasteiger partial charge in [-0.15, -0.1) is 0 Å². The first-order chi connectivity index (χ1) is 23.3. The van der Waals surface area contributed by atoms with Crippen LogP contribution in [-0.4, -0.2) is 8.80 Å². The molecule has 3 heteroatoms. The van der Waals surface area contributed by atoms with Crippen LogP contribution in [0.3, 0.4) is 0 Å². The molecule has 0 radical (unpaired) electrons. The molecule has 3 nitrogen and oxygen atoms in total. The Morgan fingerprint density at radius 1 is 0.340 bits per heavy atom. The van der Waals surface area contributed by atoms with Gasteiger partial charge in [-0.3, -0.25) is 8.80 Å². The summed E-state index contributed by atoms with van der Waals surface area (Å²) in [6.07, 6.45) is 0. The van der Waals surface area contributed by atoms with E-state index in [9.17, 15) is 0 Å². The van der Waals surface area contributed by atoms with E-state index in [0.717, 1.165) is 17.1 Å². The second-order valence-corrected chi connectivity index (χ2v) is 12.2. The van der Waals surface area contributed by atoms with Crippen LogP contribution in [0, 0.1) is 0 Å². The standard InChI is InChI=1S/C44H29N3/c1-3-12-30(13-4-1)31-22-24-32(25-23-31)33-26-28-35(29-27-33)45(34-14-5-2-6-15-34)40-20-11-21-41-43(40)47-39-19-10-8-17-37(39)42-36-16-7-9-18-38(36)46(41)44(42)47/h1-29H. The molecule has 7 aromatic carbocycles. The van der Waals surface area contributed by atoms with Crippen molar-refractivity contribution in [3.63, 3.8) is 0 Å². The zero-order valence-electron chi connectivity index (χ0n) is 25.6. The summed E-state index contributed by atoms with van der Waals surface area (Å²) in [7, 11) is 0. The van der Waals surface area contributed by atoms with Crippen LogP contribution in [0.1, 0.15) is 0 Å². The smallest absolute Gasteiger partial charge is 0.131 e. The van der Waals surface area contributed by atoms with Gasteiger partial charge in [0.2, 0.25) is 0 Å². The van der Waals surface area contributed by atoms with E-state index in [-0.39, 0.29) is 0 Å². The highest BCUT2D eigenvalue weighted by Gasteiger charge is 2.26. The molecule has 0 bridgehead atoms. The Bertz CT molecular complexity index is 2690. The average Bonchev–Trinajstić information content (AvgIpc) is 3.78. The highest BCUT2D eigenvalue weighted by atomic mass is 15.2. The third-order valence-electron chi connectivity index (χ3n) is 9.64. The molecule has 10 aromatic rings. The molecule has 0 saturated heterocycles. The lowest BCUT2D eigenvalue weighted by Crippen LogP contribution is -2.10. The van der Waals surface area contributed by atoms with E-state index >= 15 is 0 Å². The maximum atomic E-state index is 2.48. The molecule has 0 N–H and O–H groups in total.